The van der Waals surface area contributed by atoms with Gasteiger partial charge in [-0.1, -0.05) is 19.8 Å². The molecule has 0 radical (unpaired) electrons. The summed E-state index contributed by atoms with van der Waals surface area (Å²) < 4.78 is 0. The summed E-state index contributed by atoms with van der Waals surface area (Å²) in [5.74, 6) is 0.788. The highest BCUT2D eigenvalue weighted by molar-refractivity contribution is 4.97. The van der Waals surface area contributed by atoms with Crippen LogP contribution in [0, 0.1) is 5.92 Å². The normalized spacial score (nSPS) is 39.2. The zero-order valence-electron chi connectivity index (χ0n) is 8.55. The Kier molecular flexibility index (Phi) is 2.61. The third kappa shape index (κ3) is 1.89. The van der Waals surface area contributed by atoms with Gasteiger partial charge in [0.25, 0.3) is 0 Å². The maximum absolute atomic E-state index is 10.4. The van der Waals surface area contributed by atoms with Crippen molar-refractivity contribution < 1.29 is 5.11 Å². The Morgan fingerprint density at radius 1 is 1.31 bits per heavy atom. The lowest BCUT2D eigenvalue weighted by atomic mass is 9.82. The summed E-state index contributed by atoms with van der Waals surface area (Å²) in [7, 11) is 0. The van der Waals surface area contributed by atoms with E-state index in [1.54, 1.807) is 0 Å². The predicted molar refractivity (Wildman–Crippen MR) is 53.6 cm³/mol. The average Bonchev–Trinajstić information content (AvgIpc) is 2.54. The van der Waals surface area contributed by atoms with Crippen molar-refractivity contribution in [1.82, 2.24) is 5.32 Å². The van der Waals surface area contributed by atoms with Gasteiger partial charge < -0.3 is 10.4 Å². The molecular formula is C11H21NO. The van der Waals surface area contributed by atoms with Gasteiger partial charge >= 0.3 is 0 Å². The molecule has 1 heterocycles. The van der Waals surface area contributed by atoms with Gasteiger partial charge in [0.2, 0.25) is 0 Å². The SMILES string of the molecule is CC1CCNC(C2(O)CCCC2)C1. The monoisotopic (exact) mass is 183 g/mol. The Bertz CT molecular complexity index is 175. The van der Waals surface area contributed by atoms with E-state index in [9.17, 15) is 5.11 Å². The Labute approximate surface area is 80.7 Å². The minimum Gasteiger partial charge on any atom is -0.388 e. The van der Waals surface area contributed by atoms with Gasteiger partial charge in [-0.05, 0) is 38.1 Å². The van der Waals surface area contributed by atoms with E-state index in [0.29, 0.717) is 6.04 Å². The van der Waals surface area contributed by atoms with E-state index >= 15 is 0 Å². The van der Waals surface area contributed by atoms with Gasteiger partial charge in [0.1, 0.15) is 0 Å². The van der Waals surface area contributed by atoms with Crippen LogP contribution in [0.15, 0.2) is 0 Å². The molecule has 1 aliphatic heterocycles. The van der Waals surface area contributed by atoms with Crippen molar-refractivity contribution in [1.29, 1.82) is 0 Å². The molecule has 2 atom stereocenters. The molecule has 2 unspecified atom stereocenters. The average molecular weight is 183 g/mol. The van der Waals surface area contributed by atoms with Gasteiger partial charge in [0, 0.05) is 6.04 Å². The molecule has 2 aliphatic rings. The number of nitrogens with one attached hydrogen (secondary N) is 1. The minimum absolute atomic E-state index is 0.366. The van der Waals surface area contributed by atoms with Crippen molar-refractivity contribution in [2.24, 2.45) is 5.92 Å². The van der Waals surface area contributed by atoms with E-state index in [4.69, 9.17) is 0 Å². The molecule has 0 aromatic rings. The van der Waals surface area contributed by atoms with Crippen molar-refractivity contribution >= 4 is 0 Å². The lowest BCUT2D eigenvalue weighted by Gasteiger charge is -2.38. The van der Waals surface area contributed by atoms with Gasteiger partial charge in [-0.15, -0.1) is 0 Å². The fourth-order valence-corrected chi connectivity index (χ4v) is 2.85. The van der Waals surface area contributed by atoms with Gasteiger partial charge in [-0.3, -0.25) is 0 Å². The zero-order valence-corrected chi connectivity index (χ0v) is 8.55. The molecule has 2 fully saturated rings. The summed E-state index contributed by atoms with van der Waals surface area (Å²) in [4.78, 5) is 0. The second-order valence-corrected chi connectivity index (χ2v) is 4.95. The molecular weight excluding hydrogens is 162 g/mol. The first-order chi connectivity index (χ1) is 6.21. The van der Waals surface area contributed by atoms with Crippen molar-refractivity contribution in [3.05, 3.63) is 0 Å². The topological polar surface area (TPSA) is 32.3 Å². The van der Waals surface area contributed by atoms with Gasteiger partial charge in [0.15, 0.2) is 0 Å². The van der Waals surface area contributed by atoms with E-state index in [1.165, 1.54) is 19.3 Å². The second kappa shape index (κ2) is 3.58. The Morgan fingerprint density at radius 3 is 2.62 bits per heavy atom. The first kappa shape index (κ1) is 9.47. The summed E-state index contributed by atoms with van der Waals surface area (Å²) in [6, 6.07) is 0.374. The smallest absolute Gasteiger partial charge is 0.0800 e. The first-order valence-corrected chi connectivity index (χ1v) is 5.66. The van der Waals surface area contributed by atoms with E-state index in [1.807, 2.05) is 0 Å². The maximum Gasteiger partial charge on any atom is 0.0800 e. The Morgan fingerprint density at radius 2 is 2.00 bits per heavy atom. The number of aliphatic hydroxyl groups is 1. The van der Waals surface area contributed by atoms with Crippen LogP contribution in [0.5, 0.6) is 0 Å². The third-order valence-corrected chi connectivity index (χ3v) is 3.78. The molecule has 0 bridgehead atoms. The molecule has 76 valence electrons. The highest BCUT2D eigenvalue weighted by Gasteiger charge is 2.40. The first-order valence-electron chi connectivity index (χ1n) is 5.66. The summed E-state index contributed by atoms with van der Waals surface area (Å²) in [5.41, 5.74) is -0.366. The van der Waals surface area contributed by atoms with Crippen LogP contribution in [-0.4, -0.2) is 23.3 Å². The molecule has 0 spiro atoms. The third-order valence-electron chi connectivity index (χ3n) is 3.78. The molecule has 1 saturated heterocycles. The quantitative estimate of drug-likeness (QED) is 0.648. The van der Waals surface area contributed by atoms with Crippen molar-refractivity contribution in [2.45, 2.75) is 57.1 Å². The molecule has 2 N–H and O–H groups in total. The highest BCUT2D eigenvalue weighted by Crippen LogP contribution is 2.36. The summed E-state index contributed by atoms with van der Waals surface area (Å²) in [5, 5.41) is 13.9. The molecule has 2 rings (SSSR count). The number of hydrogen-bond donors (Lipinski definition) is 2. The molecule has 13 heavy (non-hydrogen) atoms. The van der Waals surface area contributed by atoms with Crippen LogP contribution < -0.4 is 5.32 Å². The fourth-order valence-electron chi connectivity index (χ4n) is 2.85. The molecule has 0 aromatic heterocycles. The van der Waals surface area contributed by atoms with Gasteiger partial charge in [-0.2, -0.15) is 0 Å². The molecule has 1 saturated carbocycles. The van der Waals surface area contributed by atoms with Crippen molar-refractivity contribution in [3.63, 3.8) is 0 Å². The van der Waals surface area contributed by atoms with E-state index in [-0.39, 0.29) is 5.60 Å². The molecule has 2 heteroatoms. The lowest BCUT2D eigenvalue weighted by molar-refractivity contribution is -0.00734. The number of hydrogen-bond acceptors (Lipinski definition) is 2. The Hall–Kier alpha value is -0.0800. The lowest BCUT2D eigenvalue weighted by Crippen LogP contribution is -2.52. The van der Waals surface area contributed by atoms with Crippen LogP contribution in [0.25, 0.3) is 0 Å². The van der Waals surface area contributed by atoms with Crippen molar-refractivity contribution in [3.8, 4) is 0 Å². The largest absolute Gasteiger partial charge is 0.388 e. The molecule has 1 aliphatic carbocycles. The van der Waals surface area contributed by atoms with Crippen LogP contribution in [0.3, 0.4) is 0 Å². The summed E-state index contributed by atoms with van der Waals surface area (Å²) in [6.07, 6.45) is 6.88. The highest BCUT2D eigenvalue weighted by atomic mass is 16.3. The number of piperidine rings is 1. The predicted octanol–water partition coefficient (Wildman–Crippen LogP) is 1.68. The minimum atomic E-state index is -0.366. The van der Waals surface area contributed by atoms with Crippen molar-refractivity contribution in [2.75, 3.05) is 6.54 Å². The van der Waals surface area contributed by atoms with Crippen LogP contribution in [0.2, 0.25) is 0 Å². The van der Waals surface area contributed by atoms with E-state index < -0.39 is 0 Å². The zero-order chi connectivity index (χ0) is 9.31. The van der Waals surface area contributed by atoms with E-state index in [2.05, 4.69) is 12.2 Å². The molecule has 0 amide bonds. The Balaban J connectivity index is 1.98. The van der Waals surface area contributed by atoms with Crippen LogP contribution >= 0.6 is 0 Å². The van der Waals surface area contributed by atoms with Gasteiger partial charge in [-0.25, -0.2) is 0 Å². The van der Waals surface area contributed by atoms with Gasteiger partial charge in [0.05, 0.1) is 5.60 Å². The molecule has 2 nitrogen and oxygen atoms in total. The standard InChI is InChI=1S/C11H21NO/c1-9-4-7-12-10(8-9)11(13)5-2-3-6-11/h9-10,12-13H,2-8H2,1H3. The van der Waals surface area contributed by atoms with Crippen LogP contribution in [-0.2, 0) is 0 Å². The van der Waals surface area contributed by atoms with Crippen LogP contribution in [0.1, 0.15) is 45.4 Å². The second-order valence-electron chi connectivity index (χ2n) is 4.95. The van der Waals surface area contributed by atoms with E-state index in [0.717, 1.165) is 31.7 Å². The fraction of sp³-hybridized carbons (Fsp3) is 1.00. The summed E-state index contributed by atoms with van der Waals surface area (Å²) in [6.45, 7) is 3.39. The summed E-state index contributed by atoms with van der Waals surface area (Å²) >= 11 is 0. The molecule has 0 aromatic carbocycles. The van der Waals surface area contributed by atoms with Crippen LogP contribution in [0.4, 0.5) is 0 Å². The maximum atomic E-state index is 10.4. The number of rotatable bonds is 1.